The molecule has 0 bridgehead atoms. The van der Waals surface area contributed by atoms with Crippen LogP contribution >= 0.6 is 11.6 Å². The number of hydrogen-bond donors (Lipinski definition) is 2. The van der Waals surface area contributed by atoms with Crippen molar-refractivity contribution >= 4 is 23.2 Å². The van der Waals surface area contributed by atoms with Crippen LogP contribution in [0.5, 0.6) is 0 Å². The second-order valence-corrected chi connectivity index (χ2v) is 5.76. The van der Waals surface area contributed by atoms with Gasteiger partial charge in [0.2, 0.25) is 0 Å². The third-order valence-electron chi connectivity index (χ3n) is 3.79. The normalized spacial score (nSPS) is 15.7. The SMILES string of the molecule is CNc1ccc(Cl)cc1C(=O)NCCOC1CCCCC1. The van der Waals surface area contributed by atoms with Crippen molar-refractivity contribution in [2.24, 2.45) is 0 Å². The fraction of sp³-hybridized carbons (Fsp3) is 0.562. The van der Waals surface area contributed by atoms with Crippen molar-refractivity contribution < 1.29 is 9.53 Å². The summed E-state index contributed by atoms with van der Waals surface area (Å²) >= 11 is 5.95. The maximum atomic E-state index is 12.2. The summed E-state index contributed by atoms with van der Waals surface area (Å²) in [6.07, 6.45) is 6.49. The fourth-order valence-corrected chi connectivity index (χ4v) is 2.81. The summed E-state index contributed by atoms with van der Waals surface area (Å²) in [6, 6.07) is 5.23. The van der Waals surface area contributed by atoms with Gasteiger partial charge < -0.3 is 15.4 Å². The Morgan fingerprint density at radius 1 is 1.33 bits per heavy atom. The Labute approximate surface area is 131 Å². The number of rotatable bonds is 6. The number of nitrogens with one attached hydrogen (secondary N) is 2. The molecule has 1 fully saturated rings. The lowest BCUT2D eigenvalue weighted by atomic mass is 9.98. The zero-order chi connectivity index (χ0) is 15.1. The standard InChI is InChI=1S/C16H23ClN2O2/c1-18-15-8-7-12(17)11-14(15)16(20)19-9-10-21-13-5-3-2-4-6-13/h7-8,11,13,18H,2-6,9-10H2,1H3,(H,19,20). The molecule has 0 heterocycles. The van der Waals surface area contributed by atoms with Crippen molar-refractivity contribution in [3.8, 4) is 0 Å². The summed E-state index contributed by atoms with van der Waals surface area (Å²) in [6.45, 7) is 1.08. The molecule has 5 heteroatoms. The first-order valence-corrected chi connectivity index (χ1v) is 7.95. The third-order valence-corrected chi connectivity index (χ3v) is 4.02. The summed E-state index contributed by atoms with van der Waals surface area (Å²) in [5, 5.41) is 6.43. The quantitative estimate of drug-likeness (QED) is 0.791. The molecular weight excluding hydrogens is 288 g/mol. The van der Waals surface area contributed by atoms with Gasteiger partial charge in [-0.15, -0.1) is 0 Å². The molecule has 0 atom stereocenters. The van der Waals surface area contributed by atoms with Crippen molar-refractivity contribution in [2.45, 2.75) is 38.2 Å². The van der Waals surface area contributed by atoms with E-state index in [1.54, 1.807) is 25.2 Å². The Hall–Kier alpha value is -1.26. The average molecular weight is 311 g/mol. The highest BCUT2D eigenvalue weighted by molar-refractivity contribution is 6.31. The number of carbonyl (C=O) groups excluding carboxylic acids is 1. The largest absolute Gasteiger partial charge is 0.387 e. The molecule has 116 valence electrons. The predicted octanol–water partition coefficient (Wildman–Crippen LogP) is 3.46. The minimum absolute atomic E-state index is 0.130. The Bertz CT molecular complexity index is 473. The van der Waals surface area contributed by atoms with Gasteiger partial charge in [-0.05, 0) is 31.0 Å². The van der Waals surface area contributed by atoms with Crippen molar-refractivity contribution in [1.29, 1.82) is 0 Å². The lowest BCUT2D eigenvalue weighted by molar-refractivity contribution is 0.0299. The smallest absolute Gasteiger partial charge is 0.253 e. The van der Waals surface area contributed by atoms with E-state index in [9.17, 15) is 4.79 Å². The first-order chi connectivity index (χ1) is 10.2. The number of anilines is 1. The maximum Gasteiger partial charge on any atom is 0.253 e. The van der Waals surface area contributed by atoms with E-state index in [1.165, 1.54) is 19.3 Å². The highest BCUT2D eigenvalue weighted by Gasteiger charge is 2.14. The van der Waals surface area contributed by atoms with Crippen molar-refractivity contribution in [2.75, 3.05) is 25.5 Å². The molecule has 2 rings (SSSR count). The van der Waals surface area contributed by atoms with Gasteiger partial charge in [0.1, 0.15) is 0 Å². The minimum Gasteiger partial charge on any atom is -0.387 e. The van der Waals surface area contributed by atoms with Crippen LogP contribution in [0, 0.1) is 0 Å². The van der Waals surface area contributed by atoms with Crippen LogP contribution in [0.4, 0.5) is 5.69 Å². The number of halogens is 1. The molecule has 1 amide bonds. The number of carbonyl (C=O) groups is 1. The predicted molar refractivity (Wildman–Crippen MR) is 86.2 cm³/mol. The topological polar surface area (TPSA) is 50.4 Å². The van der Waals surface area contributed by atoms with E-state index >= 15 is 0 Å². The van der Waals surface area contributed by atoms with E-state index < -0.39 is 0 Å². The molecule has 21 heavy (non-hydrogen) atoms. The molecule has 1 aliphatic carbocycles. The zero-order valence-corrected chi connectivity index (χ0v) is 13.2. The van der Waals surface area contributed by atoms with Crippen LogP contribution in [0.3, 0.4) is 0 Å². The molecule has 4 nitrogen and oxygen atoms in total. The summed E-state index contributed by atoms with van der Waals surface area (Å²) in [4.78, 5) is 12.2. The maximum absolute atomic E-state index is 12.2. The van der Waals surface area contributed by atoms with Crippen molar-refractivity contribution in [3.63, 3.8) is 0 Å². The van der Waals surface area contributed by atoms with E-state index in [-0.39, 0.29) is 5.91 Å². The third kappa shape index (κ3) is 4.90. The van der Waals surface area contributed by atoms with Crippen LogP contribution in [0.25, 0.3) is 0 Å². The summed E-state index contributed by atoms with van der Waals surface area (Å²) in [5.41, 5.74) is 1.33. The highest BCUT2D eigenvalue weighted by atomic mass is 35.5. The Kier molecular flexibility index (Phi) is 6.33. The first kappa shape index (κ1) is 16.1. The van der Waals surface area contributed by atoms with Gasteiger partial charge >= 0.3 is 0 Å². The Morgan fingerprint density at radius 3 is 2.81 bits per heavy atom. The van der Waals surface area contributed by atoms with Crippen LogP contribution in [-0.4, -0.2) is 32.2 Å². The summed E-state index contributed by atoms with van der Waals surface area (Å²) < 4.78 is 5.79. The average Bonchev–Trinajstić information content (AvgIpc) is 2.52. The number of benzene rings is 1. The van der Waals surface area contributed by atoms with E-state index in [2.05, 4.69) is 10.6 Å². The van der Waals surface area contributed by atoms with E-state index in [1.807, 2.05) is 0 Å². The molecular formula is C16H23ClN2O2. The number of hydrogen-bond acceptors (Lipinski definition) is 3. The van der Waals surface area contributed by atoms with E-state index in [0.717, 1.165) is 18.5 Å². The monoisotopic (exact) mass is 310 g/mol. The molecule has 1 saturated carbocycles. The van der Waals surface area contributed by atoms with Gasteiger partial charge in [0.15, 0.2) is 0 Å². The molecule has 1 aromatic rings. The summed E-state index contributed by atoms with van der Waals surface area (Å²) in [5.74, 6) is -0.130. The number of amides is 1. The molecule has 1 aromatic carbocycles. The number of ether oxygens (including phenoxy) is 1. The van der Waals surface area contributed by atoms with Crippen LogP contribution in [-0.2, 0) is 4.74 Å². The van der Waals surface area contributed by atoms with Gasteiger partial charge in [0, 0.05) is 24.3 Å². The zero-order valence-electron chi connectivity index (χ0n) is 12.5. The van der Waals surface area contributed by atoms with Gasteiger partial charge in [-0.3, -0.25) is 4.79 Å². The van der Waals surface area contributed by atoms with Gasteiger partial charge in [-0.25, -0.2) is 0 Å². The first-order valence-electron chi connectivity index (χ1n) is 7.58. The lowest BCUT2D eigenvalue weighted by Gasteiger charge is -2.22. The Balaban J connectivity index is 1.77. The van der Waals surface area contributed by atoms with Gasteiger partial charge in [0.25, 0.3) is 5.91 Å². The molecule has 2 N–H and O–H groups in total. The molecule has 0 saturated heterocycles. The summed E-state index contributed by atoms with van der Waals surface area (Å²) in [7, 11) is 1.78. The fourth-order valence-electron chi connectivity index (χ4n) is 2.64. The minimum atomic E-state index is -0.130. The van der Waals surface area contributed by atoms with Crippen LogP contribution in [0.15, 0.2) is 18.2 Å². The van der Waals surface area contributed by atoms with Crippen LogP contribution in [0.2, 0.25) is 5.02 Å². The van der Waals surface area contributed by atoms with Crippen molar-refractivity contribution in [1.82, 2.24) is 5.32 Å². The molecule has 0 unspecified atom stereocenters. The van der Waals surface area contributed by atoms with Crippen molar-refractivity contribution in [3.05, 3.63) is 28.8 Å². The van der Waals surface area contributed by atoms with E-state index in [4.69, 9.17) is 16.3 Å². The lowest BCUT2D eigenvalue weighted by Crippen LogP contribution is -2.29. The molecule has 1 aliphatic rings. The second-order valence-electron chi connectivity index (χ2n) is 5.33. The second kappa shape index (κ2) is 8.25. The van der Waals surface area contributed by atoms with Crippen LogP contribution < -0.4 is 10.6 Å². The molecule has 0 aromatic heterocycles. The molecule has 0 aliphatic heterocycles. The van der Waals surface area contributed by atoms with Gasteiger partial charge in [0.05, 0.1) is 18.3 Å². The highest BCUT2D eigenvalue weighted by Crippen LogP contribution is 2.21. The van der Waals surface area contributed by atoms with E-state index in [0.29, 0.717) is 29.8 Å². The molecule has 0 radical (unpaired) electrons. The van der Waals surface area contributed by atoms with Gasteiger partial charge in [-0.2, -0.15) is 0 Å². The van der Waals surface area contributed by atoms with Gasteiger partial charge in [-0.1, -0.05) is 30.9 Å². The Morgan fingerprint density at radius 2 is 2.10 bits per heavy atom. The van der Waals surface area contributed by atoms with Crippen LogP contribution in [0.1, 0.15) is 42.5 Å². The molecule has 0 spiro atoms.